The van der Waals surface area contributed by atoms with Crippen LogP contribution in [0.15, 0.2) is 53.4 Å². The minimum atomic E-state index is -0.240. The van der Waals surface area contributed by atoms with Gasteiger partial charge in [-0.1, -0.05) is 65.9 Å². The average Bonchev–Trinajstić information content (AvgIpc) is 2.95. The Morgan fingerprint density at radius 1 is 1.25 bits per heavy atom. The number of hydrogen-bond donors (Lipinski definition) is 1. The van der Waals surface area contributed by atoms with Crippen molar-refractivity contribution in [1.29, 1.82) is 0 Å². The first-order valence-electron chi connectivity index (χ1n) is 8.42. The summed E-state index contributed by atoms with van der Waals surface area (Å²) in [7, 11) is 1.58. The van der Waals surface area contributed by atoms with Gasteiger partial charge >= 0.3 is 0 Å². The number of thiocarbonyl (C=S) groups is 1. The number of nitrogens with zero attached hydrogens (tertiary/aromatic N) is 1. The van der Waals surface area contributed by atoms with Gasteiger partial charge in [0.25, 0.3) is 5.91 Å². The Morgan fingerprint density at radius 3 is 2.71 bits per heavy atom. The predicted octanol–water partition coefficient (Wildman–Crippen LogP) is 4.58. The first-order chi connectivity index (χ1) is 13.5. The summed E-state index contributed by atoms with van der Waals surface area (Å²) in [5.41, 5.74) is 1.33. The molecule has 0 spiro atoms. The zero-order valence-corrected chi connectivity index (χ0v) is 17.4. The Balaban J connectivity index is 1.65. The average molecular weight is 433 g/mol. The van der Waals surface area contributed by atoms with E-state index in [1.807, 2.05) is 24.3 Å². The molecule has 0 aliphatic carbocycles. The number of amides is 2. The molecule has 0 saturated carbocycles. The fourth-order valence-electron chi connectivity index (χ4n) is 2.61. The molecule has 1 saturated heterocycles. The van der Waals surface area contributed by atoms with Gasteiger partial charge in [-0.2, -0.15) is 0 Å². The highest BCUT2D eigenvalue weighted by atomic mass is 35.5. The van der Waals surface area contributed by atoms with Crippen LogP contribution < -0.4 is 10.1 Å². The molecule has 2 aromatic rings. The molecule has 2 amide bonds. The summed E-state index contributed by atoms with van der Waals surface area (Å²) in [4.78, 5) is 26.8. The number of thioether (sulfide) groups is 1. The Bertz CT molecular complexity index is 962. The van der Waals surface area contributed by atoms with Gasteiger partial charge in [-0.3, -0.25) is 14.5 Å². The van der Waals surface area contributed by atoms with Crippen molar-refractivity contribution in [3.8, 4) is 5.75 Å². The number of rotatable bonds is 6. The monoisotopic (exact) mass is 432 g/mol. The largest absolute Gasteiger partial charge is 0.496 e. The van der Waals surface area contributed by atoms with Gasteiger partial charge in [0.05, 0.1) is 22.7 Å². The SMILES string of the molecule is COc1ccccc1/C=C1\SC(=S)N(CCC(=O)Nc2ccccc2Cl)C1=O. The van der Waals surface area contributed by atoms with Crippen LogP contribution in [0.2, 0.25) is 5.02 Å². The van der Waals surface area contributed by atoms with Gasteiger partial charge in [-0.25, -0.2) is 0 Å². The summed E-state index contributed by atoms with van der Waals surface area (Å²) in [6.07, 6.45) is 1.86. The van der Waals surface area contributed by atoms with Gasteiger partial charge in [-0.05, 0) is 24.3 Å². The number of nitrogens with one attached hydrogen (secondary N) is 1. The molecule has 3 rings (SSSR count). The minimum Gasteiger partial charge on any atom is -0.496 e. The zero-order chi connectivity index (χ0) is 20.1. The third-order valence-corrected chi connectivity index (χ3v) is 5.72. The lowest BCUT2D eigenvalue weighted by molar-refractivity contribution is -0.122. The van der Waals surface area contributed by atoms with E-state index in [2.05, 4.69) is 5.32 Å². The van der Waals surface area contributed by atoms with Gasteiger partial charge in [0.2, 0.25) is 5.91 Å². The van der Waals surface area contributed by atoms with E-state index in [0.29, 0.717) is 25.7 Å². The highest BCUT2D eigenvalue weighted by Gasteiger charge is 2.32. The topological polar surface area (TPSA) is 58.6 Å². The van der Waals surface area contributed by atoms with Crippen molar-refractivity contribution >= 4 is 63.5 Å². The number of carbonyl (C=O) groups is 2. The molecule has 1 fully saturated rings. The molecule has 1 heterocycles. The Kier molecular flexibility index (Phi) is 6.72. The fourth-order valence-corrected chi connectivity index (χ4v) is 4.09. The van der Waals surface area contributed by atoms with E-state index < -0.39 is 0 Å². The molecule has 2 aromatic carbocycles. The second-order valence-corrected chi connectivity index (χ2v) is 7.94. The molecular formula is C20H17ClN2O3S2. The van der Waals surface area contributed by atoms with Crippen LogP contribution in [0.5, 0.6) is 5.75 Å². The second kappa shape index (κ2) is 9.23. The van der Waals surface area contributed by atoms with Crippen molar-refractivity contribution in [3.63, 3.8) is 0 Å². The standard InChI is InChI=1S/C20H17ClN2O3S2/c1-26-16-9-5-2-6-13(16)12-17-19(25)23(20(27)28-17)11-10-18(24)22-15-8-4-3-7-14(15)21/h2-9,12H,10-11H2,1H3,(H,22,24)/b17-12-. The molecule has 28 heavy (non-hydrogen) atoms. The molecule has 1 aliphatic rings. The molecule has 8 heteroatoms. The molecule has 144 valence electrons. The minimum absolute atomic E-state index is 0.111. The molecule has 0 unspecified atom stereocenters. The van der Waals surface area contributed by atoms with Crippen LogP contribution in [0.3, 0.4) is 0 Å². The number of carbonyl (C=O) groups excluding carboxylic acids is 2. The molecule has 0 radical (unpaired) electrons. The Hall–Kier alpha value is -2.35. The summed E-state index contributed by atoms with van der Waals surface area (Å²) in [5, 5.41) is 3.20. The maximum Gasteiger partial charge on any atom is 0.266 e. The number of hydrogen-bond acceptors (Lipinski definition) is 5. The third kappa shape index (κ3) is 4.73. The summed E-state index contributed by atoms with van der Waals surface area (Å²) in [5.74, 6) is 0.217. The number of ether oxygens (including phenoxy) is 1. The molecular weight excluding hydrogens is 416 g/mol. The normalized spacial score (nSPS) is 15.2. The van der Waals surface area contributed by atoms with E-state index in [1.165, 1.54) is 16.7 Å². The van der Waals surface area contributed by atoms with Crippen molar-refractivity contribution < 1.29 is 14.3 Å². The number of para-hydroxylation sites is 2. The highest BCUT2D eigenvalue weighted by molar-refractivity contribution is 8.26. The van der Waals surface area contributed by atoms with Gasteiger partial charge in [0, 0.05) is 18.5 Å². The summed E-state index contributed by atoms with van der Waals surface area (Å²) in [6, 6.07) is 14.4. The molecule has 0 atom stereocenters. The van der Waals surface area contributed by atoms with Crippen molar-refractivity contribution in [1.82, 2.24) is 4.90 Å². The molecule has 0 aromatic heterocycles. The smallest absolute Gasteiger partial charge is 0.266 e. The van der Waals surface area contributed by atoms with E-state index >= 15 is 0 Å². The fraction of sp³-hybridized carbons (Fsp3) is 0.150. The van der Waals surface area contributed by atoms with E-state index in [-0.39, 0.29) is 24.8 Å². The molecule has 5 nitrogen and oxygen atoms in total. The lowest BCUT2D eigenvalue weighted by Crippen LogP contribution is -2.31. The number of anilines is 1. The van der Waals surface area contributed by atoms with E-state index in [4.69, 9.17) is 28.6 Å². The van der Waals surface area contributed by atoms with Crippen molar-refractivity contribution in [2.45, 2.75) is 6.42 Å². The summed E-state index contributed by atoms with van der Waals surface area (Å²) < 4.78 is 5.74. The van der Waals surface area contributed by atoms with Crippen LogP contribution in [-0.2, 0) is 9.59 Å². The maximum atomic E-state index is 12.7. The highest BCUT2D eigenvalue weighted by Crippen LogP contribution is 2.34. The van der Waals surface area contributed by atoms with Crippen LogP contribution in [0.4, 0.5) is 5.69 Å². The van der Waals surface area contributed by atoms with Crippen LogP contribution >= 0.6 is 35.6 Å². The van der Waals surface area contributed by atoms with Crippen molar-refractivity contribution in [2.75, 3.05) is 19.0 Å². The maximum absolute atomic E-state index is 12.7. The predicted molar refractivity (Wildman–Crippen MR) is 118 cm³/mol. The quantitative estimate of drug-likeness (QED) is 0.535. The van der Waals surface area contributed by atoms with E-state index in [0.717, 1.165) is 5.56 Å². The van der Waals surface area contributed by atoms with Crippen LogP contribution in [0.1, 0.15) is 12.0 Å². The van der Waals surface area contributed by atoms with Crippen LogP contribution in [-0.4, -0.2) is 34.7 Å². The zero-order valence-electron chi connectivity index (χ0n) is 15.0. The number of benzene rings is 2. The van der Waals surface area contributed by atoms with Crippen molar-refractivity contribution in [2.24, 2.45) is 0 Å². The van der Waals surface area contributed by atoms with E-state index in [1.54, 1.807) is 37.5 Å². The van der Waals surface area contributed by atoms with Gasteiger partial charge in [0.1, 0.15) is 10.1 Å². The second-order valence-electron chi connectivity index (χ2n) is 5.85. The third-order valence-electron chi connectivity index (χ3n) is 4.01. The Labute approximate surface area is 177 Å². The van der Waals surface area contributed by atoms with Gasteiger partial charge in [-0.15, -0.1) is 0 Å². The van der Waals surface area contributed by atoms with E-state index in [9.17, 15) is 9.59 Å². The van der Waals surface area contributed by atoms with Crippen molar-refractivity contribution in [3.05, 3.63) is 64.0 Å². The first kappa shape index (κ1) is 20.4. The lowest BCUT2D eigenvalue weighted by atomic mass is 10.2. The summed E-state index contributed by atoms with van der Waals surface area (Å²) >= 11 is 12.6. The molecule has 1 aliphatic heterocycles. The molecule has 0 bridgehead atoms. The Morgan fingerprint density at radius 2 is 1.96 bits per heavy atom. The lowest BCUT2D eigenvalue weighted by Gasteiger charge is -2.14. The first-order valence-corrected chi connectivity index (χ1v) is 10.0. The van der Waals surface area contributed by atoms with Crippen LogP contribution in [0.25, 0.3) is 6.08 Å². The van der Waals surface area contributed by atoms with Gasteiger partial charge < -0.3 is 10.1 Å². The summed E-state index contributed by atoms with van der Waals surface area (Å²) in [6.45, 7) is 0.199. The number of halogens is 1. The van der Waals surface area contributed by atoms with Gasteiger partial charge in [0.15, 0.2) is 0 Å². The molecule has 1 N–H and O–H groups in total. The van der Waals surface area contributed by atoms with Crippen LogP contribution in [0, 0.1) is 0 Å². The number of methoxy groups -OCH3 is 1.